The highest BCUT2D eigenvalue weighted by Crippen LogP contribution is 2.15. The Morgan fingerprint density at radius 2 is 1.63 bits per heavy atom. The van der Waals surface area contributed by atoms with Gasteiger partial charge in [0.2, 0.25) is 5.91 Å². The second kappa shape index (κ2) is 7.08. The Balaban J connectivity index is 4.49. The van der Waals surface area contributed by atoms with Crippen molar-refractivity contribution in [3.8, 4) is 0 Å². The van der Waals surface area contributed by atoms with Gasteiger partial charge >= 0.3 is 0 Å². The van der Waals surface area contributed by atoms with Crippen molar-refractivity contribution >= 4 is 19.5 Å². The van der Waals surface area contributed by atoms with Crippen molar-refractivity contribution < 1.29 is 9.59 Å². The summed E-state index contributed by atoms with van der Waals surface area (Å²) in [5.74, 6) is -0.140. The third-order valence-corrected chi connectivity index (χ3v) is 2.74. The lowest BCUT2D eigenvalue weighted by Gasteiger charge is -2.28. The molecule has 0 aliphatic heterocycles. The van der Waals surface area contributed by atoms with E-state index in [0.29, 0.717) is 13.1 Å². The Morgan fingerprint density at radius 1 is 1.11 bits per heavy atom. The Bertz CT molecular complexity index is 316. The Morgan fingerprint density at radius 3 is 2.00 bits per heavy atom. The first-order chi connectivity index (χ1) is 8.47. The largest absolute Gasteiger partial charge is 0.335 e. The summed E-state index contributed by atoms with van der Waals surface area (Å²) in [6, 6.07) is 0. The highest BCUT2D eigenvalue weighted by atomic mass is 16.2. The van der Waals surface area contributed by atoms with Crippen molar-refractivity contribution in [1.29, 1.82) is 0 Å². The monoisotopic (exact) mass is 266 g/mol. The van der Waals surface area contributed by atoms with Crippen molar-refractivity contribution in [2.45, 2.75) is 53.4 Å². The van der Waals surface area contributed by atoms with E-state index in [1.165, 1.54) is 4.90 Å². The standard InChI is InChI=1S/C14H27BN2O2/c1-13(2,3)11(18)10-17(12(19)9-15)8-7-16-14(4,5)6/h16H,7-10H2,1-6H3. The lowest BCUT2D eigenvalue weighted by atomic mass is 9.90. The number of amides is 1. The molecule has 0 atom stereocenters. The van der Waals surface area contributed by atoms with Crippen LogP contribution in [0.2, 0.25) is 6.32 Å². The average molecular weight is 266 g/mol. The number of hydrogen-bond donors (Lipinski definition) is 1. The SMILES string of the molecule is [B]CC(=O)N(CCNC(C)(C)C)CC(=O)C(C)(C)C. The molecular formula is C14H27BN2O2. The summed E-state index contributed by atoms with van der Waals surface area (Å²) in [5, 5.41) is 3.30. The van der Waals surface area contributed by atoms with E-state index in [4.69, 9.17) is 7.85 Å². The van der Waals surface area contributed by atoms with E-state index < -0.39 is 5.41 Å². The molecule has 0 aliphatic rings. The second-order valence-corrected chi connectivity index (χ2v) is 6.87. The molecular weight excluding hydrogens is 239 g/mol. The normalized spacial score (nSPS) is 12.3. The van der Waals surface area contributed by atoms with Crippen LogP contribution >= 0.6 is 0 Å². The summed E-state index contributed by atoms with van der Waals surface area (Å²) in [6.07, 6.45) is -0.0626. The molecule has 4 nitrogen and oxygen atoms in total. The number of carbonyl (C=O) groups excluding carboxylic acids is 2. The maximum absolute atomic E-state index is 12.0. The van der Waals surface area contributed by atoms with Crippen molar-refractivity contribution in [3.63, 3.8) is 0 Å². The highest BCUT2D eigenvalue weighted by Gasteiger charge is 2.25. The molecule has 5 heteroatoms. The predicted molar refractivity (Wildman–Crippen MR) is 79.4 cm³/mol. The number of hydrogen-bond acceptors (Lipinski definition) is 3. The van der Waals surface area contributed by atoms with Gasteiger partial charge in [-0.3, -0.25) is 9.59 Å². The van der Waals surface area contributed by atoms with E-state index in [1.807, 2.05) is 20.8 Å². The quantitative estimate of drug-likeness (QED) is 0.739. The molecule has 0 aromatic rings. The van der Waals surface area contributed by atoms with Crippen LogP contribution < -0.4 is 5.32 Å². The van der Waals surface area contributed by atoms with Crippen molar-refractivity contribution in [2.24, 2.45) is 5.41 Å². The van der Waals surface area contributed by atoms with Crippen molar-refractivity contribution in [3.05, 3.63) is 0 Å². The zero-order chi connectivity index (χ0) is 15.3. The van der Waals surface area contributed by atoms with Gasteiger partial charge in [0.25, 0.3) is 0 Å². The highest BCUT2D eigenvalue weighted by molar-refractivity contribution is 6.19. The Kier molecular flexibility index (Phi) is 6.77. The average Bonchev–Trinajstić information content (AvgIpc) is 2.23. The minimum atomic E-state index is -0.440. The second-order valence-electron chi connectivity index (χ2n) is 6.87. The molecule has 0 aliphatic carbocycles. The molecule has 0 unspecified atom stereocenters. The maximum atomic E-state index is 12.0. The maximum Gasteiger partial charge on any atom is 0.214 e. The summed E-state index contributed by atoms with van der Waals surface area (Å²) in [5.41, 5.74) is -0.448. The molecule has 0 saturated heterocycles. The van der Waals surface area contributed by atoms with Crippen molar-refractivity contribution in [2.75, 3.05) is 19.6 Å². The van der Waals surface area contributed by atoms with Gasteiger partial charge in [0, 0.05) is 24.0 Å². The van der Waals surface area contributed by atoms with Crippen LogP contribution in [-0.2, 0) is 9.59 Å². The summed E-state index contributed by atoms with van der Waals surface area (Å²) in [7, 11) is 5.39. The molecule has 1 N–H and O–H groups in total. The summed E-state index contributed by atoms with van der Waals surface area (Å²) in [6.45, 7) is 13.0. The molecule has 0 bridgehead atoms. The Hall–Kier alpha value is -0.835. The lowest BCUT2D eigenvalue weighted by Crippen LogP contribution is -2.45. The number of ketones is 1. The van der Waals surface area contributed by atoms with Gasteiger partial charge in [-0.15, -0.1) is 0 Å². The van der Waals surface area contributed by atoms with Crippen LogP contribution in [-0.4, -0.2) is 49.6 Å². The van der Waals surface area contributed by atoms with Crippen LogP contribution in [0.3, 0.4) is 0 Å². The topological polar surface area (TPSA) is 49.4 Å². The molecule has 0 heterocycles. The van der Waals surface area contributed by atoms with Crippen LogP contribution in [0, 0.1) is 5.41 Å². The molecule has 1 amide bonds. The van der Waals surface area contributed by atoms with E-state index in [2.05, 4.69) is 26.1 Å². The predicted octanol–water partition coefficient (Wildman–Crippen LogP) is 1.41. The van der Waals surface area contributed by atoms with E-state index in [1.54, 1.807) is 0 Å². The first-order valence-corrected chi connectivity index (χ1v) is 6.73. The minimum absolute atomic E-state index is 0.00846. The van der Waals surface area contributed by atoms with Gasteiger partial charge in [0.15, 0.2) is 5.78 Å². The van der Waals surface area contributed by atoms with E-state index in [-0.39, 0.29) is 30.1 Å². The summed E-state index contributed by atoms with van der Waals surface area (Å²) in [4.78, 5) is 25.3. The fourth-order valence-electron chi connectivity index (χ4n) is 1.40. The van der Waals surface area contributed by atoms with Gasteiger partial charge in [0.05, 0.1) is 14.4 Å². The van der Waals surface area contributed by atoms with Gasteiger partial charge in [-0.1, -0.05) is 20.8 Å². The first kappa shape index (κ1) is 18.2. The number of rotatable bonds is 6. The summed E-state index contributed by atoms with van der Waals surface area (Å²) < 4.78 is 0. The minimum Gasteiger partial charge on any atom is -0.335 e. The van der Waals surface area contributed by atoms with Crippen LogP contribution in [0.1, 0.15) is 41.5 Å². The molecule has 0 rings (SSSR count). The number of carbonyl (C=O) groups is 2. The molecule has 108 valence electrons. The Labute approximate surface area is 118 Å². The molecule has 19 heavy (non-hydrogen) atoms. The van der Waals surface area contributed by atoms with Crippen molar-refractivity contribution in [1.82, 2.24) is 10.2 Å². The fourth-order valence-corrected chi connectivity index (χ4v) is 1.40. The van der Waals surface area contributed by atoms with E-state index >= 15 is 0 Å². The van der Waals surface area contributed by atoms with E-state index in [9.17, 15) is 9.59 Å². The third kappa shape index (κ3) is 8.04. The smallest absolute Gasteiger partial charge is 0.214 e. The molecule has 0 fully saturated rings. The number of nitrogens with zero attached hydrogens (tertiary/aromatic N) is 1. The molecule has 0 spiro atoms. The van der Waals surface area contributed by atoms with Crippen LogP contribution in [0.25, 0.3) is 0 Å². The number of nitrogens with one attached hydrogen (secondary N) is 1. The summed E-state index contributed by atoms with van der Waals surface area (Å²) >= 11 is 0. The first-order valence-electron chi connectivity index (χ1n) is 6.73. The van der Waals surface area contributed by atoms with Gasteiger partial charge in [-0.2, -0.15) is 0 Å². The molecule has 0 aromatic carbocycles. The zero-order valence-corrected chi connectivity index (χ0v) is 13.2. The van der Waals surface area contributed by atoms with Gasteiger partial charge in [0.1, 0.15) is 0 Å². The van der Waals surface area contributed by atoms with E-state index in [0.717, 1.165) is 0 Å². The van der Waals surface area contributed by atoms with Crippen LogP contribution in [0.4, 0.5) is 0 Å². The van der Waals surface area contributed by atoms with Gasteiger partial charge in [-0.05, 0) is 27.1 Å². The van der Waals surface area contributed by atoms with Gasteiger partial charge < -0.3 is 10.2 Å². The lowest BCUT2D eigenvalue weighted by molar-refractivity contribution is -0.136. The van der Waals surface area contributed by atoms with Gasteiger partial charge in [-0.25, -0.2) is 0 Å². The molecule has 0 aromatic heterocycles. The number of Topliss-reactive ketones (excluding diaryl/α,β-unsaturated/α-hetero) is 1. The third-order valence-electron chi connectivity index (χ3n) is 2.74. The molecule has 2 radical (unpaired) electrons. The van der Waals surface area contributed by atoms with Crippen LogP contribution in [0.15, 0.2) is 0 Å². The molecule has 0 saturated carbocycles. The fraction of sp³-hybridized carbons (Fsp3) is 0.857. The zero-order valence-electron chi connectivity index (χ0n) is 13.2. The van der Waals surface area contributed by atoms with Crippen LogP contribution in [0.5, 0.6) is 0 Å².